The maximum atomic E-state index is 12.4. The van der Waals surface area contributed by atoms with Crippen molar-refractivity contribution in [3.63, 3.8) is 0 Å². The molecule has 0 aliphatic heterocycles. The Balaban J connectivity index is 1.69. The Labute approximate surface area is 122 Å². The number of rotatable bonds is 3. The number of hydrogen-bond acceptors (Lipinski definition) is 5. The minimum absolute atomic E-state index is 0.335. The van der Waals surface area contributed by atoms with Crippen molar-refractivity contribution < 1.29 is 13.2 Å². The van der Waals surface area contributed by atoms with Gasteiger partial charge in [-0.1, -0.05) is 0 Å². The van der Waals surface area contributed by atoms with E-state index in [9.17, 15) is 13.2 Å². The third-order valence-corrected chi connectivity index (χ3v) is 3.44. The predicted octanol–water partition coefficient (Wildman–Crippen LogP) is 3.72. The Bertz CT molecular complexity index is 752. The fraction of sp³-hybridized carbons (Fsp3) is 0.154. The first-order chi connectivity index (χ1) is 10.0. The molecule has 0 bridgehead atoms. The van der Waals surface area contributed by atoms with Crippen LogP contribution < -0.4 is 5.32 Å². The lowest BCUT2D eigenvalue weighted by molar-refractivity contribution is -0.137. The van der Waals surface area contributed by atoms with Gasteiger partial charge < -0.3 is 5.32 Å². The number of nitrogens with zero attached hydrogens (tertiary/aromatic N) is 3. The second-order valence-electron chi connectivity index (χ2n) is 4.36. The number of anilines is 1. The van der Waals surface area contributed by atoms with Gasteiger partial charge in [-0.25, -0.2) is 0 Å². The van der Waals surface area contributed by atoms with E-state index in [2.05, 4.69) is 19.0 Å². The van der Waals surface area contributed by atoms with Crippen molar-refractivity contribution in [3.05, 3.63) is 47.8 Å². The van der Waals surface area contributed by atoms with Crippen molar-refractivity contribution >= 4 is 28.4 Å². The van der Waals surface area contributed by atoms with Gasteiger partial charge in [-0.15, -0.1) is 0 Å². The van der Waals surface area contributed by atoms with Gasteiger partial charge in [0.1, 0.15) is 11.0 Å². The Morgan fingerprint density at radius 1 is 1.05 bits per heavy atom. The number of nitrogens with one attached hydrogen (secondary N) is 1. The first-order valence-electron chi connectivity index (χ1n) is 6.01. The summed E-state index contributed by atoms with van der Waals surface area (Å²) in [6, 6.07) is 7.90. The maximum Gasteiger partial charge on any atom is 0.417 e. The van der Waals surface area contributed by atoms with E-state index in [0.29, 0.717) is 12.2 Å². The molecule has 2 heterocycles. The number of fused-ring (bicyclic) bond motifs is 1. The van der Waals surface area contributed by atoms with Crippen LogP contribution in [0.15, 0.2) is 36.5 Å². The topological polar surface area (TPSA) is 50.7 Å². The normalized spacial score (nSPS) is 11.8. The number of benzene rings is 1. The summed E-state index contributed by atoms with van der Waals surface area (Å²) >= 11 is 1.13. The van der Waals surface area contributed by atoms with Gasteiger partial charge in [0.15, 0.2) is 0 Å². The molecule has 3 rings (SSSR count). The van der Waals surface area contributed by atoms with Crippen LogP contribution in [-0.2, 0) is 12.7 Å². The van der Waals surface area contributed by atoms with E-state index in [1.54, 1.807) is 0 Å². The van der Waals surface area contributed by atoms with Gasteiger partial charge in [0.2, 0.25) is 0 Å². The molecule has 4 nitrogen and oxygen atoms in total. The highest BCUT2D eigenvalue weighted by molar-refractivity contribution is 7.00. The third kappa shape index (κ3) is 3.10. The Kier molecular flexibility index (Phi) is 3.46. The molecule has 8 heteroatoms. The SMILES string of the molecule is FC(F)(F)c1ccc(CNc2ccc3nsnc3c2)nc1. The van der Waals surface area contributed by atoms with Crippen molar-refractivity contribution in [2.24, 2.45) is 0 Å². The molecule has 21 heavy (non-hydrogen) atoms. The van der Waals surface area contributed by atoms with Crippen LogP contribution in [0.2, 0.25) is 0 Å². The summed E-state index contributed by atoms with van der Waals surface area (Å²) in [4.78, 5) is 3.80. The minimum Gasteiger partial charge on any atom is -0.379 e. The molecule has 0 amide bonds. The summed E-state index contributed by atoms with van der Waals surface area (Å²) in [5.74, 6) is 0. The van der Waals surface area contributed by atoms with E-state index in [0.717, 1.165) is 40.7 Å². The van der Waals surface area contributed by atoms with Crippen molar-refractivity contribution in [3.8, 4) is 0 Å². The van der Waals surface area contributed by atoms with Crippen molar-refractivity contribution in [2.45, 2.75) is 12.7 Å². The van der Waals surface area contributed by atoms with E-state index in [-0.39, 0.29) is 0 Å². The van der Waals surface area contributed by atoms with Crippen LogP contribution >= 0.6 is 11.7 Å². The summed E-state index contributed by atoms with van der Waals surface area (Å²) in [5.41, 5.74) is 2.20. The summed E-state index contributed by atoms with van der Waals surface area (Å²) in [6.07, 6.45) is -3.52. The molecule has 0 aliphatic rings. The van der Waals surface area contributed by atoms with E-state index in [1.807, 2.05) is 18.2 Å². The molecule has 0 saturated heterocycles. The van der Waals surface area contributed by atoms with Gasteiger partial charge in [-0.2, -0.15) is 21.9 Å². The maximum absolute atomic E-state index is 12.4. The van der Waals surface area contributed by atoms with Gasteiger partial charge in [0.25, 0.3) is 0 Å². The molecule has 1 aromatic carbocycles. The second-order valence-corrected chi connectivity index (χ2v) is 4.89. The number of alkyl halides is 3. The standard InChI is InChI=1S/C13H9F3N4S/c14-13(15,16)8-1-2-10(17-6-8)7-18-9-3-4-11-12(5-9)20-21-19-11/h1-6,18H,7H2. The van der Waals surface area contributed by atoms with Gasteiger partial charge in [-0.05, 0) is 30.3 Å². The molecule has 0 unspecified atom stereocenters. The predicted molar refractivity (Wildman–Crippen MR) is 74.0 cm³/mol. The van der Waals surface area contributed by atoms with Gasteiger partial charge in [0, 0.05) is 11.9 Å². The summed E-state index contributed by atoms with van der Waals surface area (Å²) < 4.78 is 45.5. The zero-order valence-corrected chi connectivity index (χ0v) is 11.4. The van der Waals surface area contributed by atoms with Crippen molar-refractivity contribution in [2.75, 3.05) is 5.32 Å². The highest BCUT2D eigenvalue weighted by Gasteiger charge is 2.30. The summed E-state index contributed by atoms with van der Waals surface area (Å²) in [6.45, 7) is 0.335. The largest absolute Gasteiger partial charge is 0.417 e. The quantitative estimate of drug-likeness (QED) is 0.801. The second kappa shape index (κ2) is 5.28. The number of halogens is 3. The van der Waals surface area contributed by atoms with Crippen LogP contribution in [0.1, 0.15) is 11.3 Å². The molecule has 0 saturated carbocycles. The van der Waals surface area contributed by atoms with Crippen molar-refractivity contribution in [1.29, 1.82) is 0 Å². The number of aromatic nitrogens is 3. The Morgan fingerprint density at radius 2 is 1.86 bits per heavy atom. The van der Waals surface area contributed by atoms with E-state index in [4.69, 9.17) is 0 Å². The Hall–Kier alpha value is -2.22. The van der Waals surface area contributed by atoms with Gasteiger partial charge in [-0.3, -0.25) is 4.98 Å². The number of pyridine rings is 1. The monoisotopic (exact) mass is 310 g/mol. The lowest BCUT2D eigenvalue weighted by Gasteiger charge is -2.08. The molecule has 108 valence electrons. The fourth-order valence-corrected chi connectivity index (χ4v) is 2.30. The zero-order valence-electron chi connectivity index (χ0n) is 10.6. The summed E-state index contributed by atoms with van der Waals surface area (Å²) in [7, 11) is 0. The molecule has 3 aromatic rings. The van der Waals surface area contributed by atoms with Crippen LogP contribution in [0.3, 0.4) is 0 Å². The van der Waals surface area contributed by atoms with E-state index < -0.39 is 11.7 Å². The first-order valence-corrected chi connectivity index (χ1v) is 6.74. The fourth-order valence-electron chi connectivity index (χ4n) is 1.78. The summed E-state index contributed by atoms with van der Waals surface area (Å²) in [5, 5.41) is 3.09. The molecule has 0 radical (unpaired) electrons. The van der Waals surface area contributed by atoms with Crippen LogP contribution in [0, 0.1) is 0 Å². The minimum atomic E-state index is -4.36. The van der Waals surface area contributed by atoms with E-state index in [1.165, 1.54) is 6.07 Å². The lowest BCUT2D eigenvalue weighted by Crippen LogP contribution is -2.07. The Morgan fingerprint density at radius 3 is 2.57 bits per heavy atom. The van der Waals surface area contributed by atoms with Gasteiger partial charge >= 0.3 is 6.18 Å². The molecular weight excluding hydrogens is 301 g/mol. The molecular formula is C13H9F3N4S. The van der Waals surface area contributed by atoms with E-state index >= 15 is 0 Å². The van der Waals surface area contributed by atoms with Crippen molar-refractivity contribution in [1.82, 2.24) is 13.7 Å². The molecule has 2 aromatic heterocycles. The lowest BCUT2D eigenvalue weighted by atomic mass is 10.2. The molecule has 0 atom stereocenters. The van der Waals surface area contributed by atoms with Crippen LogP contribution in [0.5, 0.6) is 0 Å². The average molecular weight is 310 g/mol. The molecule has 0 spiro atoms. The van der Waals surface area contributed by atoms with Crippen LogP contribution in [0.4, 0.5) is 18.9 Å². The zero-order chi connectivity index (χ0) is 14.9. The molecule has 1 N–H and O–H groups in total. The average Bonchev–Trinajstić information content (AvgIpc) is 2.92. The third-order valence-electron chi connectivity index (χ3n) is 2.88. The smallest absolute Gasteiger partial charge is 0.379 e. The highest BCUT2D eigenvalue weighted by Crippen LogP contribution is 2.28. The van der Waals surface area contributed by atoms with Crippen LogP contribution in [0.25, 0.3) is 11.0 Å². The number of hydrogen-bond donors (Lipinski definition) is 1. The highest BCUT2D eigenvalue weighted by atomic mass is 32.1. The van der Waals surface area contributed by atoms with Gasteiger partial charge in [0.05, 0.1) is 29.5 Å². The van der Waals surface area contributed by atoms with Crippen LogP contribution in [-0.4, -0.2) is 13.7 Å². The molecule has 0 fully saturated rings. The molecule has 0 aliphatic carbocycles. The first kappa shape index (κ1) is 13.7.